The standard InChI is InChI=1S/C10H20N2O3/c1-5-6(11)8(13)12-7(9(14)15)10(2,3)4/h6-7H,5,11H2,1-4H3,(H,12,13)(H,14,15)/t6-,7+/m1/s1. The van der Waals surface area contributed by atoms with Gasteiger partial charge in [-0.05, 0) is 11.8 Å². The molecule has 2 atom stereocenters. The van der Waals surface area contributed by atoms with Gasteiger partial charge in [0.15, 0.2) is 0 Å². The molecule has 5 heteroatoms. The topological polar surface area (TPSA) is 92.4 Å². The molecule has 5 nitrogen and oxygen atoms in total. The molecule has 0 heterocycles. The van der Waals surface area contributed by atoms with Crippen molar-refractivity contribution in [1.82, 2.24) is 5.32 Å². The van der Waals surface area contributed by atoms with Gasteiger partial charge < -0.3 is 16.2 Å². The first-order valence-electron chi connectivity index (χ1n) is 4.99. The van der Waals surface area contributed by atoms with Crippen LogP contribution in [-0.4, -0.2) is 29.1 Å². The van der Waals surface area contributed by atoms with Gasteiger partial charge in [-0.1, -0.05) is 27.7 Å². The van der Waals surface area contributed by atoms with E-state index < -0.39 is 29.4 Å². The van der Waals surface area contributed by atoms with Crippen molar-refractivity contribution in [3.63, 3.8) is 0 Å². The summed E-state index contributed by atoms with van der Waals surface area (Å²) in [4.78, 5) is 22.4. The minimum absolute atomic E-state index is 0.417. The van der Waals surface area contributed by atoms with Crippen LogP contribution in [-0.2, 0) is 9.59 Å². The Morgan fingerprint density at radius 2 is 1.87 bits per heavy atom. The molecule has 0 aliphatic rings. The number of nitrogens with one attached hydrogen (secondary N) is 1. The number of rotatable bonds is 4. The maximum Gasteiger partial charge on any atom is 0.326 e. The predicted molar refractivity (Wildman–Crippen MR) is 57.3 cm³/mol. The smallest absolute Gasteiger partial charge is 0.326 e. The van der Waals surface area contributed by atoms with Gasteiger partial charge in [-0.15, -0.1) is 0 Å². The van der Waals surface area contributed by atoms with Crippen LogP contribution in [0.4, 0.5) is 0 Å². The normalized spacial score (nSPS) is 15.5. The highest BCUT2D eigenvalue weighted by Crippen LogP contribution is 2.19. The second-order valence-corrected chi connectivity index (χ2v) is 4.66. The van der Waals surface area contributed by atoms with E-state index in [0.717, 1.165) is 0 Å². The Hall–Kier alpha value is -1.10. The third kappa shape index (κ3) is 4.29. The van der Waals surface area contributed by atoms with Crippen molar-refractivity contribution in [2.45, 2.75) is 46.2 Å². The summed E-state index contributed by atoms with van der Waals surface area (Å²) in [5.41, 5.74) is 4.97. The molecule has 0 aromatic carbocycles. The first kappa shape index (κ1) is 13.9. The van der Waals surface area contributed by atoms with Crippen LogP contribution in [0.25, 0.3) is 0 Å². The third-order valence-electron chi connectivity index (χ3n) is 2.18. The molecule has 0 aliphatic heterocycles. The number of nitrogens with two attached hydrogens (primary N) is 1. The molecule has 0 bridgehead atoms. The van der Waals surface area contributed by atoms with E-state index in [2.05, 4.69) is 5.32 Å². The number of carbonyl (C=O) groups excluding carboxylic acids is 1. The second kappa shape index (κ2) is 5.11. The first-order chi connectivity index (χ1) is 6.70. The van der Waals surface area contributed by atoms with Crippen LogP contribution in [0.15, 0.2) is 0 Å². The van der Waals surface area contributed by atoms with Crippen molar-refractivity contribution in [3.8, 4) is 0 Å². The molecule has 4 N–H and O–H groups in total. The second-order valence-electron chi connectivity index (χ2n) is 4.66. The summed E-state index contributed by atoms with van der Waals surface area (Å²) in [6, 6.07) is -1.56. The molecule has 1 amide bonds. The lowest BCUT2D eigenvalue weighted by Crippen LogP contribution is -2.53. The maximum atomic E-state index is 11.4. The van der Waals surface area contributed by atoms with E-state index in [4.69, 9.17) is 10.8 Å². The lowest BCUT2D eigenvalue weighted by molar-refractivity contribution is -0.145. The van der Waals surface area contributed by atoms with E-state index in [-0.39, 0.29) is 0 Å². The van der Waals surface area contributed by atoms with Crippen molar-refractivity contribution in [3.05, 3.63) is 0 Å². The van der Waals surface area contributed by atoms with E-state index in [1.165, 1.54) is 0 Å². The van der Waals surface area contributed by atoms with Gasteiger partial charge >= 0.3 is 5.97 Å². The van der Waals surface area contributed by atoms with E-state index in [1.807, 2.05) is 0 Å². The van der Waals surface area contributed by atoms with Crippen molar-refractivity contribution in [2.24, 2.45) is 11.1 Å². The number of amides is 1. The summed E-state index contributed by atoms with van der Waals surface area (Å²) in [6.45, 7) is 7.04. The average molecular weight is 216 g/mol. The number of hydrogen-bond donors (Lipinski definition) is 3. The summed E-state index contributed by atoms with van der Waals surface area (Å²) < 4.78 is 0. The number of carboxylic acids is 1. The summed E-state index contributed by atoms with van der Waals surface area (Å²) >= 11 is 0. The Morgan fingerprint density at radius 3 is 2.13 bits per heavy atom. The van der Waals surface area contributed by atoms with E-state index in [0.29, 0.717) is 6.42 Å². The molecule has 0 saturated heterocycles. The molecule has 0 unspecified atom stereocenters. The zero-order valence-corrected chi connectivity index (χ0v) is 9.70. The van der Waals surface area contributed by atoms with Crippen LogP contribution >= 0.6 is 0 Å². The number of hydrogen-bond acceptors (Lipinski definition) is 3. The Morgan fingerprint density at radius 1 is 1.40 bits per heavy atom. The molecule has 0 aromatic heterocycles. The minimum atomic E-state index is -1.04. The molecular weight excluding hydrogens is 196 g/mol. The lowest BCUT2D eigenvalue weighted by Gasteiger charge is -2.28. The number of carboxylic acid groups (broad SMARTS) is 1. The van der Waals surface area contributed by atoms with Gasteiger partial charge in [-0.2, -0.15) is 0 Å². The summed E-state index contributed by atoms with van der Waals surface area (Å²) in [5.74, 6) is -1.46. The highest BCUT2D eigenvalue weighted by atomic mass is 16.4. The van der Waals surface area contributed by atoms with E-state index >= 15 is 0 Å². The fourth-order valence-electron chi connectivity index (χ4n) is 1.08. The van der Waals surface area contributed by atoms with Crippen molar-refractivity contribution in [2.75, 3.05) is 0 Å². The van der Waals surface area contributed by atoms with E-state index in [9.17, 15) is 9.59 Å². The van der Waals surface area contributed by atoms with Gasteiger partial charge in [-0.25, -0.2) is 4.79 Å². The van der Waals surface area contributed by atoms with Gasteiger partial charge in [0.25, 0.3) is 0 Å². The first-order valence-corrected chi connectivity index (χ1v) is 4.99. The molecule has 0 rings (SSSR count). The van der Waals surface area contributed by atoms with E-state index in [1.54, 1.807) is 27.7 Å². The van der Waals surface area contributed by atoms with Gasteiger partial charge in [0, 0.05) is 0 Å². The summed E-state index contributed by atoms with van der Waals surface area (Å²) in [6.07, 6.45) is 0.488. The van der Waals surface area contributed by atoms with Gasteiger partial charge in [0.05, 0.1) is 6.04 Å². The quantitative estimate of drug-likeness (QED) is 0.631. The van der Waals surface area contributed by atoms with Crippen LogP contribution in [0, 0.1) is 5.41 Å². The van der Waals surface area contributed by atoms with Crippen LogP contribution in [0.5, 0.6) is 0 Å². The van der Waals surface area contributed by atoms with Crippen LogP contribution in [0.3, 0.4) is 0 Å². The van der Waals surface area contributed by atoms with Crippen molar-refractivity contribution in [1.29, 1.82) is 0 Å². The van der Waals surface area contributed by atoms with Crippen LogP contribution in [0.2, 0.25) is 0 Å². The SMILES string of the molecule is CC[C@@H](N)C(=O)N[C@@H](C(=O)O)C(C)(C)C. The van der Waals surface area contributed by atoms with Crippen molar-refractivity contribution < 1.29 is 14.7 Å². The van der Waals surface area contributed by atoms with Gasteiger partial charge in [-0.3, -0.25) is 4.79 Å². The monoisotopic (exact) mass is 216 g/mol. The molecule has 0 aromatic rings. The fraction of sp³-hybridized carbons (Fsp3) is 0.800. The molecule has 15 heavy (non-hydrogen) atoms. The Bertz CT molecular complexity index is 246. The molecule has 0 fully saturated rings. The Balaban J connectivity index is 4.58. The highest BCUT2D eigenvalue weighted by molar-refractivity contribution is 5.87. The zero-order chi connectivity index (χ0) is 12.2. The molecule has 0 aliphatic carbocycles. The molecule has 0 spiro atoms. The highest BCUT2D eigenvalue weighted by Gasteiger charge is 2.33. The van der Waals surface area contributed by atoms with Gasteiger partial charge in [0.1, 0.15) is 6.04 Å². The zero-order valence-electron chi connectivity index (χ0n) is 9.70. The van der Waals surface area contributed by atoms with Gasteiger partial charge in [0.2, 0.25) is 5.91 Å². The van der Waals surface area contributed by atoms with Crippen LogP contribution < -0.4 is 11.1 Å². The Kier molecular flexibility index (Phi) is 4.74. The maximum absolute atomic E-state index is 11.4. The summed E-state index contributed by atoms with van der Waals surface area (Å²) in [5, 5.41) is 11.4. The third-order valence-corrected chi connectivity index (χ3v) is 2.18. The average Bonchev–Trinajstić information content (AvgIpc) is 2.09. The number of carbonyl (C=O) groups is 2. The lowest BCUT2D eigenvalue weighted by atomic mass is 9.86. The predicted octanol–water partition coefficient (Wildman–Crippen LogP) is 0.339. The molecular formula is C10H20N2O3. The molecule has 0 saturated carbocycles. The molecule has 88 valence electrons. The fourth-order valence-corrected chi connectivity index (χ4v) is 1.08. The van der Waals surface area contributed by atoms with Crippen molar-refractivity contribution >= 4 is 11.9 Å². The minimum Gasteiger partial charge on any atom is -0.480 e. The largest absolute Gasteiger partial charge is 0.480 e. The summed E-state index contributed by atoms with van der Waals surface area (Å²) in [7, 11) is 0. The number of aliphatic carboxylic acids is 1. The molecule has 0 radical (unpaired) electrons. The van der Waals surface area contributed by atoms with Crippen LogP contribution in [0.1, 0.15) is 34.1 Å². The Labute approximate surface area is 90.0 Å².